The monoisotopic (exact) mass is 611 g/mol. The molecule has 7 rings (SSSR count). The van der Waals surface area contributed by atoms with Gasteiger partial charge in [0.2, 0.25) is 11.8 Å². The molecular weight excluding hydrogens is 578 g/mol. The van der Waals surface area contributed by atoms with Gasteiger partial charge in [0.15, 0.2) is 17.3 Å². The number of carbonyl (C=O) groups is 2. The third kappa shape index (κ3) is 6.25. The number of fused-ring (bicyclic) bond motifs is 2. The molecule has 4 aromatic heterocycles. The number of nitrogen functional groups attached to an aromatic ring is 1. The van der Waals surface area contributed by atoms with Crippen LogP contribution in [0.1, 0.15) is 33.5 Å². The van der Waals surface area contributed by atoms with Gasteiger partial charge in [-0.3, -0.25) is 14.2 Å². The quantitative estimate of drug-likeness (QED) is 0.216. The van der Waals surface area contributed by atoms with Crippen LogP contribution in [0.15, 0.2) is 104 Å². The number of hydrogen-bond acceptors (Lipinski definition) is 7. The van der Waals surface area contributed by atoms with Crippen molar-refractivity contribution in [1.82, 2.24) is 34.6 Å². The zero-order valence-corrected chi connectivity index (χ0v) is 25.1. The molecule has 0 bridgehead atoms. The maximum atomic E-state index is 11.1. The Labute approximate surface area is 265 Å². The smallest absolute Gasteiger partial charge is 0.248 e. The molecule has 0 fully saturated rings. The van der Waals surface area contributed by atoms with E-state index in [1.807, 2.05) is 48.7 Å². The summed E-state index contributed by atoms with van der Waals surface area (Å²) in [7, 11) is 0. The van der Waals surface area contributed by atoms with Crippen molar-refractivity contribution in [2.45, 2.75) is 25.7 Å². The highest BCUT2D eigenvalue weighted by atomic mass is 16.1. The Kier molecular flexibility index (Phi) is 8.64. The predicted molar refractivity (Wildman–Crippen MR) is 178 cm³/mol. The van der Waals surface area contributed by atoms with Crippen molar-refractivity contribution in [3.05, 3.63) is 126 Å². The van der Waals surface area contributed by atoms with Gasteiger partial charge in [-0.15, -0.1) is 0 Å². The number of benzene rings is 2. The Hall–Kier alpha value is -6.10. The number of anilines is 1. The van der Waals surface area contributed by atoms with Gasteiger partial charge >= 0.3 is 0 Å². The average molecular weight is 612 g/mol. The van der Waals surface area contributed by atoms with Crippen LogP contribution in [-0.4, -0.2) is 47.7 Å². The summed E-state index contributed by atoms with van der Waals surface area (Å²) in [5, 5.41) is 6.95. The van der Waals surface area contributed by atoms with Crippen molar-refractivity contribution in [3.8, 4) is 22.9 Å². The van der Waals surface area contributed by atoms with Gasteiger partial charge in [-0.05, 0) is 97.0 Å². The highest BCUT2D eigenvalue weighted by molar-refractivity contribution is 5.94. The molecule has 0 saturated carbocycles. The number of nitrogens with zero attached hydrogens (tertiary/aromatic N) is 6. The third-order valence-electron chi connectivity index (χ3n) is 7.81. The van der Waals surface area contributed by atoms with E-state index in [0.29, 0.717) is 24.3 Å². The van der Waals surface area contributed by atoms with Crippen molar-refractivity contribution in [3.63, 3.8) is 0 Å². The van der Waals surface area contributed by atoms with Crippen LogP contribution in [0.25, 0.3) is 34.1 Å². The molecule has 230 valence electrons. The number of hydrogen-bond donors (Lipinski definition) is 3. The van der Waals surface area contributed by atoms with Gasteiger partial charge < -0.3 is 16.8 Å². The second kappa shape index (κ2) is 13.3. The Balaban J connectivity index is 0.000000198. The molecular formula is C35H33N9O2. The summed E-state index contributed by atoms with van der Waals surface area (Å²) in [5.74, 6) is 1.24. The molecule has 0 saturated heterocycles. The van der Waals surface area contributed by atoms with Crippen LogP contribution in [0.5, 0.6) is 0 Å². The zero-order chi connectivity index (χ0) is 32.0. The van der Waals surface area contributed by atoms with Crippen LogP contribution >= 0.6 is 0 Å². The summed E-state index contributed by atoms with van der Waals surface area (Å²) in [5.41, 5.74) is 19.0. The lowest BCUT2D eigenvalue weighted by atomic mass is 10.0. The molecule has 11 heteroatoms. The Morgan fingerprint density at radius 2 is 1.80 bits per heavy atom. The van der Waals surface area contributed by atoms with E-state index >= 15 is 0 Å². The molecule has 0 spiro atoms. The van der Waals surface area contributed by atoms with Gasteiger partial charge in [-0.25, -0.2) is 19.6 Å². The van der Waals surface area contributed by atoms with Crippen LogP contribution in [-0.2, 0) is 24.1 Å². The van der Waals surface area contributed by atoms with Gasteiger partial charge in [-0.2, -0.15) is 5.10 Å². The van der Waals surface area contributed by atoms with E-state index in [2.05, 4.69) is 44.7 Å². The lowest BCUT2D eigenvalue weighted by Gasteiger charge is -2.12. The SMILES string of the molecule is C=CC(=O)NCCc1ccccc1C(N)=O.Nc1ncccc1-c1nc2ccc(-n3cccn3)nc2n1-c1ccc2c(c1)CCC2. The minimum atomic E-state index is -0.453. The molecule has 1 aliphatic carbocycles. The highest BCUT2D eigenvalue weighted by Crippen LogP contribution is 2.32. The van der Waals surface area contributed by atoms with Crippen LogP contribution in [0.2, 0.25) is 0 Å². The predicted octanol–water partition coefficient (Wildman–Crippen LogP) is 4.37. The normalized spacial score (nSPS) is 11.8. The largest absolute Gasteiger partial charge is 0.383 e. The van der Waals surface area contributed by atoms with E-state index in [1.54, 1.807) is 29.2 Å². The first-order valence-corrected chi connectivity index (χ1v) is 14.9. The average Bonchev–Trinajstić information content (AvgIpc) is 3.85. The summed E-state index contributed by atoms with van der Waals surface area (Å²) < 4.78 is 3.83. The van der Waals surface area contributed by atoms with E-state index in [0.717, 1.165) is 52.5 Å². The minimum Gasteiger partial charge on any atom is -0.383 e. The number of rotatable bonds is 8. The summed E-state index contributed by atoms with van der Waals surface area (Å²) in [6, 6.07) is 23.3. The molecule has 5 N–H and O–H groups in total. The van der Waals surface area contributed by atoms with Crippen LogP contribution in [0, 0.1) is 0 Å². The van der Waals surface area contributed by atoms with Crippen LogP contribution in [0.4, 0.5) is 5.82 Å². The fraction of sp³-hybridized carbons (Fsp3) is 0.143. The number of pyridine rings is 2. The first-order valence-electron chi connectivity index (χ1n) is 14.9. The summed E-state index contributed by atoms with van der Waals surface area (Å²) in [6.07, 6.45) is 10.5. The van der Waals surface area contributed by atoms with Gasteiger partial charge in [0, 0.05) is 36.4 Å². The fourth-order valence-corrected chi connectivity index (χ4v) is 5.58. The molecule has 1 aliphatic rings. The standard InChI is InChI=1S/C23H19N7.C12H14N2O2/c24-21-18(6-2-11-25-21)22-27-19-9-10-20(29-13-3-12-26-29)28-23(19)30(22)17-8-7-15-4-1-5-16(15)14-17;1-2-11(15)14-8-7-9-5-3-4-6-10(9)12(13)16/h2-3,6-14H,1,4-5H2,(H2,24,25);2-6H,1,7-8H2,(H2,13,16)(H,14,15). The number of primary amides is 1. The van der Waals surface area contributed by atoms with Gasteiger partial charge in [0.05, 0.1) is 5.56 Å². The number of amides is 2. The Morgan fingerprint density at radius 3 is 2.59 bits per heavy atom. The molecule has 0 radical (unpaired) electrons. The molecule has 2 aromatic carbocycles. The first-order chi connectivity index (χ1) is 22.4. The lowest BCUT2D eigenvalue weighted by molar-refractivity contribution is -0.116. The molecule has 0 atom stereocenters. The van der Waals surface area contributed by atoms with Gasteiger partial charge in [0.1, 0.15) is 11.3 Å². The second-order valence-electron chi connectivity index (χ2n) is 10.7. The Morgan fingerprint density at radius 1 is 0.957 bits per heavy atom. The van der Waals surface area contributed by atoms with Crippen molar-refractivity contribution in [2.24, 2.45) is 5.73 Å². The molecule has 2 amide bonds. The molecule has 4 heterocycles. The molecule has 6 aromatic rings. The maximum absolute atomic E-state index is 11.1. The third-order valence-corrected chi connectivity index (χ3v) is 7.81. The van der Waals surface area contributed by atoms with Crippen molar-refractivity contribution in [1.29, 1.82) is 0 Å². The van der Waals surface area contributed by atoms with Crippen molar-refractivity contribution < 1.29 is 9.59 Å². The van der Waals surface area contributed by atoms with Crippen LogP contribution < -0.4 is 16.8 Å². The maximum Gasteiger partial charge on any atom is 0.248 e. The van der Waals surface area contributed by atoms with Crippen molar-refractivity contribution >= 4 is 28.8 Å². The van der Waals surface area contributed by atoms with E-state index in [-0.39, 0.29) is 5.91 Å². The van der Waals surface area contributed by atoms with Gasteiger partial charge in [-0.1, -0.05) is 30.8 Å². The topological polar surface area (TPSA) is 160 Å². The number of aryl methyl sites for hydroxylation is 2. The number of carbonyl (C=O) groups excluding carboxylic acids is 2. The summed E-state index contributed by atoms with van der Waals surface area (Å²) in [6.45, 7) is 3.80. The molecule has 0 aliphatic heterocycles. The number of imidazole rings is 1. The second-order valence-corrected chi connectivity index (χ2v) is 10.7. The van der Waals surface area contributed by atoms with Crippen LogP contribution in [0.3, 0.4) is 0 Å². The Bertz CT molecular complexity index is 2050. The zero-order valence-electron chi connectivity index (χ0n) is 25.1. The fourth-order valence-electron chi connectivity index (χ4n) is 5.58. The van der Waals surface area contributed by atoms with E-state index in [1.165, 1.54) is 23.6 Å². The van der Waals surface area contributed by atoms with Gasteiger partial charge in [0.25, 0.3) is 0 Å². The molecule has 11 nitrogen and oxygen atoms in total. The number of aromatic nitrogens is 6. The lowest BCUT2D eigenvalue weighted by Crippen LogP contribution is -2.24. The molecule has 46 heavy (non-hydrogen) atoms. The molecule has 0 unspecified atom stereocenters. The summed E-state index contributed by atoms with van der Waals surface area (Å²) >= 11 is 0. The minimum absolute atomic E-state index is 0.225. The van der Waals surface area contributed by atoms with E-state index < -0.39 is 5.91 Å². The number of nitrogens with two attached hydrogens (primary N) is 2. The summed E-state index contributed by atoms with van der Waals surface area (Å²) in [4.78, 5) is 36.1. The van der Waals surface area contributed by atoms with E-state index in [9.17, 15) is 9.59 Å². The van der Waals surface area contributed by atoms with E-state index in [4.69, 9.17) is 21.4 Å². The van der Waals surface area contributed by atoms with Crippen molar-refractivity contribution in [2.75, 3.05) is 12.3 Å². The number of nitrogens with one attached hydrogen (secondary N) is 1. The first kappa shape index (κ1) is 29.9. The highest BCUT2D eigenvalue weighted by Gasteiger charge is 2.20.